The number of ether oxygens (including phenoxy) is 1. The maximum atomic E-state index is 13.7. The lowest BCUT2D eigenvalue weighted by Crippen LogP contribution is -2.36. The fraction of sp³-hybridized carbons (Fsp3) is 0.533. The number of alkyl halides is 6. The molecule has 1 aliphatic heterocycles. The van der Waals surface area contributed by atoms with Crippen LogP contribution in [0.25, 0.3) is 0 Å². The predicted molar refractivity (Wildman–Crippen MR) is 152 cm³/mol. The van der Waals surface area contributed by atoms with Gasteiger partial charge in [0.2, 0.25) is 0 Å². The number of anilines is 2. The first-order valence-electron chi connectivity index (χ1n) is 14.4. The molecule has 44 heavy (non-hydrogen) atoms. The highest BCUT2D eigenvalue weighted by atomic mass is 19.4. The summed E-state index contributed by atoms with van der Waals surface area (Å²) in [5.74, 6) is 0.115. The summed E-state index contributed by atoms with van der Waals surface area (Å²) >= 11 is 0. The highest BCUT2D eigenvalue weighted by molar-refractivity contribution is 5.89. The fourth-order valence-corrected chi connectivity index (χ4v) is 5.46. The van der Waals surface area contributed by atoms with Gasteiger partial charge in [-0.1, -0.05) is 31.9 Å². The fourth-order valence-electron chi connectivity index (χ4n) is 5.46. The molecule has 2 atom stereocenters. The summed E-state index contributed by atoms with van der Waals surface area (Å²) in [6.45, 7) is 9.55. The van der Waals surface area contributed by atoms with Gasteiger partial charge in [0, 0.05) is 13.1 Å². The van der Waals surface area contributed by atoms with Crippen LogP contribution in [0.5, 0.6) is 0 Å². The number of rotatable bonds is 7. The highest BCUT2D eigenvalue weighted by Crippen LogP contribution is 2.42. The van der Waals surface area contributed by atoms with Crippen LogP contribution in [0.2, 0.25) is 0 Å². The Morgan fingerprint density at radius 1 is 1.02 bits per heavy atom. The van der Waals surface area contributed by atoms with Crippen molar-refractivity contribution in [2.24, 2.45) is 13.0 Å². The monoisotopic (exact) mass is 626 g/mol. The van der Waals surface area contributed by atoms with Crippen LogP contribution < -0.4 is 9.80 Å². The van der Waals surface area contributed by atoms with Crippen LogP contribution in [0.4, 0.5) is 42.8 Å². The molecule has 0 saturated carbocycles. The minimum absolute atomic E-state index is 0.0227. The van der Waals surface area contributed by atoms with E-state index in [0.717, 1.165) is 15.9 Å². The molecule has 8 nitrogen and oxygen atoms in total. The standard InChI is InChI=1S/C30H36F6N6O2/c1-7-26(17(2)3)44-28(43)41-10-8-9-24(23-11-18(4)19(5)12-25(23)41)42(27-37-39-40(6)38-27)16-20-13-21(29(31,32)33)15-22(14-20)30(34,35)36/h11-15,17,24,26H,7-10,16H2,1-6H3. The molecule has 0 fully saturated rings. The number of aromatic nitrogens is 4. The summed E-state index contributed by atoms with van der Waals surface area (Å²) < 4.78 is 88.1. The Morgan fingerprint density at radius 2 is 1.64 bits per heavy atom. The van der Waals surface area contributed by atoms with Gasteiger partial charge in [-0.25, -0.2) is 4.79 Å². The molecule has 14 heteroatoms. The number of tetrazole rings is 1. The van der Waals surface area contributed by atoms with E-state index >= 15 is 0 Å². The van der Waals surface area contributed by atoms with E-state index in [-0.39, 0.29) is 36.1 Å². The Balaban J connectivity index is 1.85. The molecule has 1 aromatic heterocycles. The van der Waals surface area contributed by atoms with Gasteiger partial charge in [0.15, 0.2) is 0 Å². The van der Waals surface area contributed by atoms with Crippen molar-refractivity contribution in [2.75, 3.05) is 16.3 Å². The Morgan fingerprint density at radius 3 is 2.16 bits per heavy atom. The van der Waals surface area contributed by atoms with Gasteiger partial charge < -0.3 is 9.64 Å². The molecule has 1 aliphatic rings. The Kier molecular flexibility index (Phi) is 9.50. The Bertz CT molecular complexity index is 1450. The molecule has 2 unspecified atom stereocenters. The number of nitrogens with zero attached hydrogens (tertiary/aromatic N) is 6. The minimum atomic E-state index is -5.00. The number of hydrogen-bond acceptors (Lipinski definition) is 6. The van der Waals surface area contributed by atoms with Crippen LogP contribution in [0, 0.1) is 19.8 Å². The van der Waals surface area contributed by atoms with Crippen LogP contribution in [0.15, 0.2) is 30.3 Å². The summed E-state index contributed by atoms with van der Waals surface area (Å²) in [5, 5.41) is 12.2. The van der Waals surface area contributed by atoms with Crippen molar-refractivity contribution < 1.29 is 35.9 Å². The van der Waals surface area contributed by atoms with Gasteiger partial charge in [0.05, 0.1) is 29.9 Å². The summed E-state index contributed by atoms with van der Waals surface area (Å²) in [4.78, 5) is 17.8. The molecule has 0 bridgehead atoms. The molecule has 3 aromatic rings. The first-order chi connectivity index (χ1) is 20.5. The molecular formula is C30H36F6N6O2. The number of carbonyl (C=O) groups excluding carboxylic acids is 1. The molecule has 1 amide bonds. The molecule has 240 valence electrons. The number of benzene rings is 2. The van der Waals surface area contributed by atoms with Crippen LogP contribution in [0.1, 0.15) is 79.5 Å². The third-order valence-corrected chi connectivity index (χ3v) is 7.90. The maximum Gasteiger partial charge on any atom is 0.416 e. The van der Waals surface area contributed by atoms with E-state index in [4.69, 9.17) is 4.74 Å². The van der Waals surface area contributed by atoms with Crippen molar-refractivity contribution in [1.29, 1.82) is 0 Å². The van der Waals surface area contributed by atoms with Gasteiger partial charge in [-0.3, -0.25) is 4.90 Å². The summed E-state index contributed by atoms with van der Waals surface area (Å²) in [5.41, 5.74) is -0.0617. The van der Waals surface area contributed by atoms with Gasteiger partial charge >= 0.3 is 18.4 Å². The number of aryl methyl sites for hydroxylation is 3. The average Bonchev–Trinajstić information content (AvgIpc) is 3.28. The van der Waals surface area contributed by atoms with Gasteiger partial charge in [-0.2, -0.15) is 31.1 Å². The van der Waals surface area contributed by atoms with Crippen LogP contribution in [-0.2, 0) is 30.7 Å². The van der Waals surface area contributed by atoms with Crippen molar-refractivity contribution in [2.45, 2.75) is 84.9 Å². The molecular weight excluding hydrogens is 590 g/mol. The molecule has 0 spiro atoms. The van der Waals surface area contributed by atoms with E-state index in [1.165, 1.54) is 7.05 Å². The first-order valence-corrected chi connectivity index (χ1v) is 14.4. The lowest BCUT2D eigenvalue weighted by Gasteiger charge is -2.33. The third-order valence-electron chi connectivity index (χ3n) is 7.90. The number of halogens is 6. The second-order valence-corrected chi connectivity index (χ2v) is 11.5. The zero-order valence-electron chi connectivity index (χ0n) is 25.4. The van der Waals surface area contributed by atoms with E-state index in [2.05, 4.69) is 15.4 Å². The summed E-state index contributed by atoms with van der Waals surface area (Å²) in [7, 11) is 1.51. The summed E-state index contributed by atoms with van der Waals surface area (Å²) in [6, 6.07) is 4.63. The number of hydrogen-bond donors (Lipinski definition) is 0. The topological polar surface area (TPSA) is 76.4 Å². The van der Waals surface area contributed by atoms with Crippen LogP contribution in [-0.4, -0.2) is 38.9 Å². The third kappa shape index (κ3) is 7.27. The minimum Gasteiger partial charge on any atom is -0.446 e. The van der Waals surface area contributed by atoms with Crippen molar-refractivity contribution in [3.05, 3.63) is 63.7 Å². The quantitative estimate of drug-likeness (QED) is 0.249. The molecule has 2 heterocycles. The Hall–Kier alpha value is -3.84. The van der Waals surface area contributed by atoms with E-state index in [0.29, 0.717) is 49.2 Å². The molecule has 2 aromatic carbocycles. The maximum absolute atomic E-state index is 13.7. The zero-order chi connectivity index (χ0) is 32.6. The van der Waals surface area contributed by atoms with E-state index in [9.17, 15) is 31.1 Å². The van der Waals surface area contributed by atoms with Crippen molar-refractivity contribution in [3.8, 4) is 0 Å². The summed E-state index contributed by atoms with van der Waals surface area (Å²) in [6.07, 6.45) is -9.34. The van der Waals surface area contributed by atoms with Crippen molar-refractivity contribution >= 4 is 17.7 Å². The smallest absolute Gasteiger partial charge is 0.416 e. The van der Waals surface area contributed by atoms with E-state index in [1.807, 2.05) is 46.8 Å². The molecule has 0 N–H and O–H groups in total. The van der Waals surface area contributed by atoms with Gasteiger partial charge in [0.25, 0.3) is 5.95 Å². The molecule has 0 radical (unpaired) electrons. The van der Waals surface area contributed by atoms with Gasteiger partial charge in [-0.15, -0.1) is 5.10 Å². The average molecular weight is 627 g/mol. The Labute approximate surface area is 252 Å². The zero-order valence-corrected chi connectivity index (χ0v) is 25.4. The highest BCUT2D eigenvalue weighted by Gasteiger charge is 2.38. The predicted octanol–water partition coefficient (Wildman–Crippen LogP) is 7.78. The van der Waals surface area contributed by atoms with Crippen LogP contribution >= 0.6 is 0 Å². The number of amides is 1. The molecule has 4 rings (SSSR count). The van der Waals surface area contributed by atoms with Gasteiger partial charge in [0.1, 0.15) is 6.10 Å². The van der Waals surface area contributed by atoms with Gasteiger partial charge in [-0.05, 0) is 90.8 Å². The number of fused-ring (bicyclic) bond motifs is 1. The van der Waals surface area contributed by atoms with E-state index in [1.54, 1.807) is 9.80 Å². The van der Waals surface area contributed by atoms with Crippen LogP contribution in [0.3, 0.4) is 0 Å². The largest absolute Gasteiger partial charge is 0.446 e. The first kappa shape index (κ1) is 33.1. The molecule has 0 saturated heterocycles. The van der Waals surface area contributed by atoms with Crippen molar-refractivity contribution in [3.63, 3.8) is 0 Å². The van der Waals surface area contributed by atoms with E-state index < -0.39 is 35.6 Å². The SMILES string of the molecule is CCC(OC(=O)N1CCCC(N(Cc2cc(C(F)(F)F)cc(C(F)(F)F)c2)c2nnn(C)n2)c2cc(C)c(C)cc21)C(C)C. The normalized spacial score (nSPS) is 16.5. The second-order valence-electron chi connectivity index (χ2n) is 11.5. The number of carbonyl (C=O) groups is 1. The molecule has 0 aliphatic carbocycles. The lowest BCUT2D eigenvalue weighted by atomic mass is 9.95. The lowest BCUT2D eigenvalue weighted by molar-refractivity contribution is -0.143. The van der Waals surface area contributed by atoms with Crippen molar-refractivity contribution in [1.82, 2.24) is 20.2 Å². The second kappa shape index (κ2) is 12.6.